The Labute approximate surface area is 171 Å². The summed E-state index contributed by atoms with van der Waals surface area (Å²) in [6, 6.07) is 0. The van der Waals surface area contributed by atoms with E-state index in [1.165, 1.54) is 20.3 Å². The van der Waals surface area contributed by atoms with Crippen molar-refractivity contribution in [3.63, 3.8) is 0 Å². The maximum atomic E-state index is 12.3. The average molecular weight is 410 g/mol. The van der Waals surface area contributed by atoms with Crippen LogP contribution in [0.1, 0.15) is 54.4 Å². The van der Waals surface area contributed by atoms with Gasteiger partial charge in [0.25, 0.3) is 0 Å². The van der Waals surface area contributed by atoms with Gasteiger partial charge in [0.15, 0.2) is 0 Å². The van der Waals surface area contributed by atoms with E-state index in [2.05, 4.69) is 22.0 Å². The summed E-state index contributed by atoms with van der Waals surface area (Å²) in [5.74, 6) is 3.88. The fourth-order valence-electron chi connectivity index (χ4n) is 1.96. The molecular formula is C21H31NO5S. The molecule has 156 valence electrons. The van der Waals surface area contributed by atoms with Crippen LogP contribution in [0.4, 0.5) is 0 Å². The van der Waals surface area contributed by atoms with Gasteiger partial charge in [0.05, 0.1) is 19.0 Å². The minimum atomic E-state index is -1.68. The van der Waals surface area contributed by atoms with Crippen molar-refractivity contribution in [2.24, 2.45) is 15.2 Å². The third-order valence-electron chi connectivity index (χ3n) is 3.76. The van der Waals surface area contributed by atoms with Crippen LogP contribution >= 0.6 is 0 Å². The molecule has 0 aromatic rings. The zero-order valence-corrected chi connectivity index (χ0v) is 18.9. The minimum Gasteiger partial charge on any atom is -0.468 e. The van der Waals surface area contributed by atoms with Crippen molar-refractivity contribution in [2.75, 3.05) is 14.2 Å². The number of nitrogens with zero attached hydrogens (tertiary/aromatic N) is 1. The van der Waals surface area contributed by atoms with Crippen molar-refractivity contribution in [3.8, 4) is 11.8 Å². The Balaban J connectivity index is 5.71. The smallest absolute Gasteiger partial charge is 0.328 e. The molecule has 0 aromatic carbocycles. The Hall–Kier alpha value is -2.16. The first-order valence-electron chi connectivity index (χ1n) is 8.82. The molecule has 0 aliphatic rings. The second kappa shape index (κ2) is 11.0. The van der Waals surface area contributed by atoms with Crippen molar-refractivity contribution >= 4 is 29.1 Å². The summed E-state index contributed by atoms with van der Waals surface area (Å²) in [7, 11) is 1.08. The highest BCUT2D eigenvalue weighted by Gasteiger charge is 2.46. The maximum Gasteiger partial charge on any atom is 0.328 e. The van der Waals surface area contributed by atoms with Crippen LogP contribution in [0.3, 0.4) is 0 Å². The highest BCUT2D eigenvalue weighted by atomic mass is 32.2. The maximum absolute atomic E-state index is 12.3. The van der Waals surface area contributed by atoms with Crippen LogP contribution in [-0.4, -0.2) is 41.3 Å². The lowest BCUT2D eigenvalue weighted by Crippen LogP contribution is -2.39. The zero-order chi connectivity index (χ0) is 22.0. The van der Waals surface area contributed by atoms with Gasteiger partial charge in [-0.15, -0.1) is 17.6 Å². The molecular weight excluding hydrogens is 378 g/mol. The van der Waals surface area contributed by atoms with Gasteiger partial charge < -0.3 is 9.47 Å². The fourth-order valence-corrected chi connectivity index (χ4v) is 2.48. The van der Waals surface area contributed by atoms with E-state index in [1.807, 2.05) is 34.6 Å². The molecule has 0 rings (SSSR count). The molecule has 1 unspecified atom stereocenters. The molecule has 6 nitrogen and oxygen atoms in total. The van der Waals surface area contributed by atoms with Crippen LogP contribution in [0.25, 0.3) is 0 Å². The van der Waals surface area contributed by atoms with Gasteiger partial charge in [-0.2, -0.15) is 4.40 Å². The second-order valence-corrected chi connectivity index (χ2v) is 9.79. The molecule has 0 aliphatic carbocycles. The normalized spacial score (nSPS) is 13.0. The molecule has 0 N–H and O–H groups in total. The largest absolute Gasteiger partial charge is 0.468 e. The van der Waals surface area contributed by atoms with E-state index < -0.39 is 38.5 Å². The number of ether oxygens (including phenoxy) is 2. The van der Waals surface area contributed by atoms with Crippen molar-refractivity contribution < 1.29 is 23.3 Å². The molecule has 1 atom stereocenters. The minimum absolute atomic E-state index is 0.0733. The highest BCUT2D eigenvalue weighted by Crippen LogP contribution is 2.28. The summed E-state index contributed by atoms with van der Waals surface area (Å²) < 4.78 is 25.2. The zero-order valence-electron chi connectivity index (χ0n) is 18.0. The topological polar surface area (TPSA) is 82.0 Å². The number of hydrogen-bond donors (Lipinski definition) is 0. The molecule has 0 aliphatic heterocycles. The summed E-state index contributed by atoms with van der Waals surface area (Å²) in [6.07, 6.45) is 5.11. The first kappa shape index (κ1) is 25.8. The van der Waals surface area contributed by atoms with Gasteiger partial charge in [-0.05, 0) is 51.7 Å². The fraction of sp³-hybridized carbons (Fsp3) is 0.619. The molecule has 0 aromatic heterocycles. The van der Waals surface area contributed by atoms with Crippen LogP contribution in [0, 0.1) is 22.7 Å². The van der Waals surface area contributed by atoms with Crippen LogP contribution in [0.15, 0.2) is 22.3 Å². The third kappa shape index (κ3) is 7.84. The molecule has 0 fully saturated rings. The van der Waals surface area contributed by atoms with Gasteiger partial charge in [-0.1, -0.05) is 13.8 Å². The number of methoxy groups -OCH3 is 2. The molecule has 7 heteroatoms. The summed E-state index contributed by atoms with van der Waals surface area (Å²) >= 11 is 0. The van der Waals surface area contributed by atoms with E-state index in [0.717, 1.165) is 0 Å². The van der Waals surface area contributed by atoms with Crippen molar-refractivity contribution in [2.45, 2.75) is 59.1 Å². The van der Waals surface area contributed by atoms with Gasteiger partial charge in [0.1, 0.15) is 11.0 Å². The predicted octanol–water partition coefficient (Wildman–Crippen LogP) is 3.39. The summed E-state index contributed by atoms with van der Waals surface area (Å²) in [5, 5.41) is 0. The molecule has 0 spiro atoms. The van der Waals surface area contributed by atoms with E-state index in [9.17, 15) is 13.8 Å². The van der Waals surface area contributed by atoms with Gasteiger partial charge in [0.2, 0.25) is 5.41 Å². The van der Waals surface area contributed by atoms with E-state index in [1.54, 1.807) is 19.2 Å². The summed E-state index contributed by atoms with van der Waals surface area (Å²) in [6.45, 7) is 11.0. The SMILES string of the molecule is CC#CCC(C=C=CC(C)(C)C/C=N/S(=O)C(C)(C)C)(C(=O)OC)C(=O)OC. The van der Waals surface area contributed by atoms with Crippen molar-refractivity contribution in [1.29, 1.82) is 0 Å². The predicted molar refractivity (Wildman–Crippen MR) is 112 cm³/mol. The van der Waals surface area contributed by atoms with Gasteiger partial charge >= 0.3 is 11.9 Å². The number of carbonyl (C=O) groups excluding carboxylic acids is 2. The van der Waals surface area contributed by atoms with Gasteiger partial charge in [-0.25, -0.2) is 4.21 Å². The number of rotatable bonds is 8. The summed E-state index contributed by atoms with van der Waals surface area (Å²) in [5.41, 5.74) is 0.845. The number of carbonyl (C=O) groups is 2. The monoisotopic (exact) mass is 409 g/mol. The van der Waals surface area contributed by atoms with Crippen LogP contribution in [-0.2, 0) is 30.0 Å². The second-order valence-electron chi connectivity index (χ2n) is 7.86. The van der Waals surface area contributed by atoms with E-state index >= 15 is 0 Å². The highest BCUT2D eigenvalue weighted by molar-refractivity contribution is 7.85. The standard InChI is InChI=1S/C21H31NO5S/c1-9-10-13-21(17(23)26-7,18(24)27-8)14-11-12-20(5,6)15-16-22-28(25)19(2,3)4/h12,14,16H,13,15H2,1-8H3/b22-16+. The molecule has 0 amide bonds. The van der Waals surface area contributed by atoms with E-state index in [0.29, 0.717) is 6.42 Å². The van der Waals surface area contributed by atoms with Crippen LogP contribution < -0.4 is 0 Å². The third-order valence-corrected chi connectivity index (χ3v) is 5.15. The Kier molecular flexibility index (Phi) is 10.1. The Bertz CT molecular complexity index is 725. The summed E-state index contributed by atoms with van der Waals surface area (Å²) in [4.78, 5) is 24.6. The molecule has 0 radical (unpaired) electrons. The molecule has 28 heavy (non-hydrogen) atoms. The molecule has 0 saturated carbocycles. The van der Waals surface area contributed by atoms with Gasteiger partial charge in [-0.3, -0.25) is 9.59 Å². The number of esters is 2. The Morgan fingerprint density at radius 3 is 2.00 bits per heavy atom. The Morgan fingerprint density at radius 2 is 1.57 bits per heavy atom. The molecule has 0 heterocycles. The Morgan fingerprint density at radius 1 is 1.04 bits per heavy atom. The van der Waals surface area contributed by atoms with Crippen molar-refractivity contribution in [3.05, 3.63) is 17.9 Å². The van der Waals surface area contributed by atoms with Crippen LogP contribution in [0.5, 0.6) is 0 Å². The first-order chi connectivity index (χ1) is 12.9. The average Bonchev–Trinajstić information content (AvgIpc) is 2.62. The lowest BCUT2D eigenvalue weighted by molar-refractivity contribution is -0.164. The lowest BCUT2D eigenvalue weighted by Gasteiger charge is -2.22. The molecule has 0 bridgehead atoms. The molecule has 0 saturated heterocycles. The quantitative estimate of drug-likeness (QED) is 0.202. The van der Waals surface area contributed by atoms with E-state index in [4.69, 9.17) is 9.47 Å². The first-order valence-corrected chi connectivity index (χ1v) is 9.92. The number of hydrogen-bond acceptors (Lipinski definition) is 5. The van der Waals surface area contributed by atoms with Crippen molar-refractivity contribution in [1.82, 2.24) is 0 Å². The van der Waals surface area contributed by atoms with E-state index in [-0.39, 0.29) is 6.42 Å². The lowest BCUT2D eigenvalue weighted by atomic mass is 9.83. The van der Waals surface area contributed by atoms with Crippen LogP contribution in [0.2, 0.25) is 0 Å². The van der Waals surface area contributed by atoms with Gasteiger partial charge in [0, 0.05) is 12.6 Å².